The predicted molar refractivity (Wildman–Crippen MR) is 135 cm³/mol. The second kappa shape index (κ2) is 8.35. The van der Waals surface area contributed by atoms with Gasteiger partial charge >= 0.3 is 0 Å². The number of phenolic OH excluding ortho intramolecular Hbond substituents is 1. The summed E-state index contributed by atoms with van der Waals surface area (Å²) in [6, 6.07) is 16.6. The van der Waals surface area contributed by atoms with Gasteiger partial charge in [0.1, 0.15) is 11.6 Å². The van der Waals surface area contributed by atoms with Gasteiger partial charge in [-0.2, -0.15) is 0 Å². The number of benzene rings is 2. The normalized spacial score (nSPS) is 18.9. The van der Waals surface area contributed by atoms with E-state index in [2.05, 4.69) is 10.4 Å². The van der Waals surface area contributed by atoms with E-state index in [1.165, 1.54) is 22.9 Å². The number of ketones is 1. The van der Waals surface area contributed by atoms with Gasteiger partial charge in [-0.25, -0.2) is 4.68 Å². The topological polar surface area (TPSA) is 130 Å². The molecule has 10 heteroatoms. The molecule has 0 spiro atoms. The number of nitrogens with one attached hydrogen (secondary N) is 2. The molecule has 1 aliphatic carbocycles. The van der Waals surface area contributed by atoms with Crippen LogP contribution in [0.5, 0.6) is 5.75 Å². The van der Waals surface area contributed by atoms with Crippen molar-refractivity contribution in [2.45, 2.75) is 24.7 Å². The average molecular weight is 501 g/mol. The van der Waals surface area contributed by atoms with Gasteiger partial charge in [-0.05, 0) is 36.1 Å². The lowest BCUT2D eigenvalue weighted by molar-refractivity contribution is -0.384. The summed E-state index contributed by atoms with van der Waals surface area (Å²) in [4.78, 5) is 39.4. The number of carbonyl (C=O) groups is 1. The third-order valence-corrected chi connectivity index (χ3v) is 7.82. The van der Waals surface area contributed by atoms with Crippen molar-refractivity contribution >= 4 is 28.6 Å². The van der Waals surface area contributed by atoms with Crippen LogP contribution in [0.1, 0.15) is 40.7 Å². The highest BCUT2D eigenvalue weighted by atomic mass is 32.1. The number of para-hydroxylation sites is 1. The maximum atomic E-state index is 13.7. The van der Waals surface area contributed by atoms with E-state index in [0.717, 1.165) is 4.88 Å². The minimum absolute atomic E-state index is 0.0208. The number of aromatic amines is 1. The number of hydrogen-bond acceptors (Lipinski definition) is 7. The molecule has 36 heavy (non-hydrogen) atoms. The molecule has 4 aromatic rings. The summed E-state index contributed by atoms with van der Waals surface area (Å²) < 4.78 is 1.37. The number of allylic oxidation sites excluding steroid dienone is 2. The number of anilines is 1. The molecule has 3 N–H and O–H groups in total. The monoisotopic (exact) mass is 500 g/mol. The molecular formula is C26H20N4O5S. The first kappa shape index (κ1) is 22.1. The second-order valence-electron chi connectivity index (χ2n) is 8.87. The standard InChI is InChI=1S/C26H20N4O5S/c31-19-9-8-16(30(34)35)13-17(19)22-23-18(11-14(12-20(23)32)21-7-4-10-36-21)27-25-24(22)26(33)29(28-25)15-5-2-1-3-6-15/h1-10,13-14,22,27-28,31H,11-12H2/t14-,22+/m1/s1. The van der Waals surface area contributed by atoms with Crippen LogP contribution in [0.2, 0.25) is 0 Å². The van der Waals surface area contributed by atoms with E-state index in [1.54, 1.807) is 35.6 Å². The van der Waals surface area contributed by atoms with Gasteiger partial charge in [0.05, 0.1) is 22.1 Å². The summed E-state index contributed by atoms with van der Waals surface area (Å²) in [6.07, 6.45) is 0.783. The molecule has 2 aromatic heterocycles. The SMILES string of the molecule is O=C1C[C@H](c2cccs2)CC2=C1[C@H](c1cc([N+](=O)[O-])ccc1O)c1c([nH]n(-c3ccccc3)c1=O)N2. The Morgan fingerprint density at radius 2 is 1.86 bits per heavy atom. The Morgan fingerprint density at radius 1 is 1.06 bits per heavy atom. The van der Waals surface area contributed by atoms with Crippen molar-refractivity contribution in [1.29, 1.82) is 0 Å². The van der Waals surface area contributed by atoms with Crippen LogP contribution in [0.25, 0.3) is 5.69 Å². The lowest BCUT2D eigenvalue weighted by Crippen LogP contribution is -2.31. The minimum atomic E-state index is -0.957. The van der Waals surface area contributed by atoms with Gasteiger partial charge in [-0.3, -0.25) is 24.8 Å². The highest BCUT2D eigenvalue weighted by Gasteiger charge is 2.42. The third kappa shape index (κ3) is 3.45. The highest BCUT2D eigenvalue weighted by molar-refractivity contribution is 7.10. The third-order valence-electron chi connectivity index (χ3n) is 6.78. The quantitative estimate of drug-likeness (QED) is 0.273. The molecule has 2 aromatic carbocycles. The predicted octanol–water partition coefficient (Wildman–Crippen LogP) is 4.80. The van der Waals surface area contributed by atoms with Gasteiger partial charge < -0.3 is 10.4 Å². The number of aromatic nitrogens is 2. The van der Waals surface area contributed by atoms with Crippen molar-refractivity contribution in [1.82, 2.24) is 9.78 Å². The zero-order valence-electron chi connectivity index (χ0n) is 18.8. The Hall–Kier alpha value is -4.44. The number of nitrogens with zero attached hydrogens (tertiary/aromatic N) is 2. The molecule has 0 radical (unpaired) electrons. The number of carbonyl (C=O) groups excluding carboxylic acids is 1. The molecule has 6 rings (SSSR count). The lowest BCUT2D eigenvalue weighted by atomic mass is 9.73. The van der Waals surface area contributed by atoms with Gasteiger partial charge in [0.15, 0.2) is 5.78 Å². The first-order chi connectivity index (χ1) is 17.4. The molecule has 2 aliphatic rings. The number of aromatic hydroxyl groups is 1. The number of H-pyrrole nitrogens is 1. The van der Waals surface area contributed by atoms with Crippen molar-refractivity contribution in [2.24, 2.45) is 0 Å². The Morgan fingerprint density at radius 3 is 2.58 bits per heavy atom. The van der Waals surface area contributed by atoms with Crippen LogP contribution < -0.4 is 10.9 Å². The lowest BCUT2D eigenvalue weighted by Gasteiger charge is -2.34. The first-order valence-corrected chi connectivity index (χ1v) is 12.2. The molecule has 0 fully saturated rings. The fourth-order valence-corrected chi connectivity index (χ4v) is 6.00. The van der Waals surface area contributed by atoms with E-state index in [4.69, 9.17) is 0 Å². The Bertz CT molecular complexity index is 1600. The zero-order valence-corrected chi connectivity index (χ0v) is 19.6. The van der Waals surface area contributed by atoms with Crippen molar-refractivity contribution in [3.63, 3.8) is 0 Å². The molecule has 9 nitrogen and oxygen atoms in total. The number of hydrogen-bond donors (Lipinski definition) is 3. The van der Waals surface area contributed by atoms with E-state index in [1.807, 2.05) is 23.6 Å². The van der Waals surface area contributed by atoms with Gasteiger partial charge in [0, 0.05) is 46.2 Å². The van der Waals surface area contributed by atoms with E-state index < -0.39 is 16.4 Å². The molecular weight excluding hydrogens is 480 g/mol. The zero-order chi connectivity index (χ0) is 25.0. The number of rotatable bonds is 4. The molecule has 0 amide bonds. The van der Waals surface area contributed by atoms with Crippen LogP contribution in [0.3, 0.4) is 0 Å². The summed E-state index contributed by atoms with van der Waals surface area (Å²) >= 11 is 1.59. The summed E-state index contributed by atoms with van der Waals surface area (Å²) in [5.74, 6) is -0.951. The maximum Gasteiger partial charge on any atom is 0.277 e. The molecule has 0 bridgehead atoms. The molecule has 0 saturated heterocycles. The largest absolute Gasteiger partial charge is 0.508 e. The highest BCUT2D eigenvalue weighted by Crippen LogP contribution is 2.49. The number of Topliss-reactive ketones (excluding diaryl/α,β-unsaturated/α-hetero) is 1. The van der Waals surface area contributed by atoms with Crippen molar-refractivity contribution in [3.05, 3.63) is 114 Å². The summed E-state index contributed by atoms with van der Waals surface area (Å²) in [5, 5.41) is 30.7. The number of fused-ring (bicyclic) bond motifs is 1. The fraction of sp³-hybridized carbons (Fsp3) is 0.154. The smallest absolute Gasteiger partial charge is 0.277 e. The van der Waals surface area contributed by atoms with Crippen LogP contribution in [0.4, 0.5) is 11.5 Å². The van der Waals surface area contributed by atoms with E-state index in [9.17, 15) is 24.8 Å². The van der Waals surface area contributed by atoms with Crippen molar-refractivity contribution in [2.75, 3.05) is 5.32 Å². The molecule has 2 atom stereocenters. The van der Waals surface area contributed by atoms with Crippen LogP contribution in [0.15, 0.2) is 82.1 Å². The molecule has 3 heterocycles. The van der Waals surface area contributed by atoms with Gasteiger partial charge in [-0.1, -0.05) is 24.3 Å². The molecule has 180 valence electrons. The Kier molecular flexibility index (Phi) is 5.11. The van der Waals surface area contributed by atoms with Crippen LogP contribution in [-0.2, 0) is 4.79 Å². The van der Waals surface area contributed by atoms with Gasteiger partial charge in [0.2, 0.25) is 0 Å². The number of nitro groups is 1. The molecule has 0 saturated carbocycles. The number of thiophene rings is 1. The summed E-state index contributed by atoms with van der Waals surface area (Å²) in [6.45, 7) is 0. The molecule has 0 unspecified atom stereocenters. The minimum Gasteiger partial charge on any atom is -0.508 e. The number of non-ortho nitro benzene ring substituents is 1. The van der Waals surface area contributed by atoms with E-state index in [-0.39, 0.29) is 40.7 Å². The first-order valence-electron chi connectivity index (χ1n) is 11.4. The van der Waals surface area contributed by atoms with Gasteiger partial charge in [-0.15, -0.1) is 11.3 Å². The van der Waals surface area contributed by atoms with Crippen LogP contribution >= 0.6 is 11.3 Å². The van der Waals surface area contributed by atoms with Gasteiger partial charge in [0.25, 0.3) is 11.2 Å². The second-order valence-corrected chi connectivity index (χ2v) is 9.85. The molecule has 1 aliphatic heterocycles. The maximum absolute atomic E-state index is 13.7. The van der Waals surface area contributed by atoms with E-state index in [0.29, 0.717) is 29.2 Å². The van der Waals surface area contributed by atoms with Crippen molar-refractivity contribution in [3.8, 4) is 11.4 Å². The number of phenols is 1. The van der Waals surface area contributed by atoms with Crippen LogP contribution in [-0.4, -0.2) is 25.6 Å². The van der Waals surface area contributed by atoms with Crippen molar-refractivity contribution < 1.29 is 14.8 Å². The Balaban J connectivity index is 1.57. The fourth-order valence-electron chi connectivity index (χ4n) is 5.17. The average Bonchev–Trinajstić information content (AvgIpc) is 3.52. The number of nitro benzene ring substituents is 1. The summed E-state index contributed by atoms with van der Waals surface area (Å²) in [5.41, 5.74) is 1.36. The summed E-state index contributed by atoms with van der Waals surface area (Å²) in [7, 11) is 0. The Labute approximate surface area is 208 Å². The van der Waals surface area contributed by atoms with Crippen LogP contribution in [0, 0.1) is 10.1 Å². The van der Waals surface area contributed by atoms with E-state index >= 15 is 0 Å².